The van der Waals surface area contributed by atoms with E-state index in [1.165, 1.54) is 16.9 Å². The molecule has 5 nitrogen and oxygen atoms in total. The van der Waals surface area contributed by atoms with E-state index in [0.29, 0.717) is 6.61 Å². The molecule has 1 aromatic heterocycles. The van der Waals surface area contributed by atoms with Gasteiger partial charge in [-0.05, 0) is 29.7 Å². The van der Waals surface area contributed by atoms with Gasteiger partial charge in [-0.1, -0.05) is 31.2 Å². The smallest absolute Gasteiger partial charge is 0.310 e. The number of hydrogen-bond acceptors (Lipinski definition) is 4. The predicted octanol–water partition coefficient (Wildman–Crippen LogP) is 3.60. The summed E-state index contributed by atoms with van der Waals surface area (Å²) >= 11 is 0. The fraction of sp³-hybridized carbons (Fsp3) is 0.227. The Hall–Kier alpha value is -3.35. The molecule has 0 spiro atoms. The second kappa shape index (κ2) is 9.23. The van der Waals surface area contributed by atoms with E-state index in [-0.39, 0.29) is 35.6 Å². The van der Waals surface area contributed by atoms with Gasteiger partial charge in [-0.15, -0.1) is 0 Å². The van der Waals surface area contributed by atoms with Crippen LogP contribution in [0.4, 0.5) is 8.78 Å². The summed E-state index contributed by atoms with van der Waals surface area (Å²) in [5, 5.41) is 4.23. The molecule has 7 heteroatoms. The molecule has 3 rings (SSSR count). The fourth-order valence-electron chi connectivity index (χ4n) is 2.86. The van der Waals surface area contributed by atoms with Crippen LogP contribution in [0.1, 0.15) is 30.2 Å². The van der Waals surface area contributed by atoms with Crippen molar-refractivity contribution in [3.05, 3.63) is 93.4 Å². The first-order chi connectivity index (χ1) is 13.9. The van der Waals surface area contributed by atoms with E-state index in [4.69, 9.17) is 4.74 Å². The number of ether oxygens (including phenoxy) is 1. The molecule has 0 aliphatic rings. The van der Waals surface area contributed by atoms with Crippen molar-refractivity contribution in [2.24, 2.45) is 0 Å². The van der Waals surface area contributed by atoms with Gasteiger partial charge in [-0.2, -0.15) is 5.10 Å². The van der Waals surface area contributed by atoms with E-state index in [0.717, 1.165) is 35.7 Å². The van der Waals surface area contributed by atoms with Crippen LogP contribution >= 0.6 is 0 Å². The van der Waals surface area contributed by atoms with Crippen molar-refractivity contribution in [2.75, 3.05) is 6.61 Å². The summed E-state index contributed by atoms with van der Waals surface area (Å²) in [6, 6.07) is 11.6. The molecule has 0 atom stereocenters. The Morgan fingerprint density at radius 1 is 1.07 bits per heavy atom. The summed E-state index contributed by atoms with van der Waals surface area (Å²) in [4.78, 5) is 24.0. The van der Waals surface area contributed by atoms with E-state index < -0.39 is 11.6 Å². The Balaban J connectivity index is 1.82. The van der Waals surface area contributed by atoms with Gasteiger partial charge in [-0.25, -0.2) is 13.5 Å². The molecule has 3 aromatic rings. The molecule has 0 unspecified atom stereocenters. The summed E-state index contributed by atoms with van der Waals surface area (Å²) in [5.74, 6) is -1.77. The van der Waals surface area contributed by atoms with Crippen LogP contribution in [-0.2, 0) is 22.4 Å². The predicted molar refractivity (Wildman–Crippen MR) is 104 cm³/mol. The van der Waals surface area contributed by atoms with Gasteiger partial charge < -0.3 is 4.74 Å². The van der Waals surface area contributed by atoms with Gasteiger partial charge in [-0.3, -0.25) is 9.59 Å². The molecular weight excluding hydrogens is 378 g/mol. The zero-order valence-corrected chi connectivity index (χ0v) is 15.9. The standard InChI is InChI=1S/C22H20F2N2O3/c1-2-8-29-22(28)11-16-5-3-4-15(9-16)10-20-21(27)6-7-26(25-20)19-13-17(23)12-18(24)14-19/h3-7,9,12-14H,2,8,10-11H2,1H3. The molecule has 0 amide bonds. The third kappa shape index (κ3) is 5.57. The third-order valence-corrected chi connectivity index (χ3v) is 4.17. The van der Waals surface area contributed by atoms with Gasteiger partial charge in [0.25, 0.3) is 0 Å². The maximum absolute atomic E-state index is 13.5. The molecule has 2 aromatic carbocycles. The van der Waals surface area contributed by atoms with Crippen LogP contribution in [0.25, 0.3) is 5.69 Å². The first kappa shape index (κ1) is 20.4. The fourth-order valence-corrected chi connectivity index (χ4v) is 2.86. The highest BCUT2D eigenvalue weighted by Crippen LogP contribution is 2.13. The SMILES string of the molecule is CCCOC(=O)Cc1cccc(Cc2nn(-c3cc(F)cc(F)c3)ccc2=O)c1. The second-order valence-electron chi connectivity index (χ2n) is 6.59. The van der Waals surface area contributed by atoms with Crippen LogP contribution < -0.4 is 5.43 Å². The maximum Gasteiger partial charge on any atom is 0.310 e. The van der Waals surface area contributed by atoms with E-state index in [9.17, 15) is 18.4 Å². The molecule has 150 valence electrons. The van der Waals surface area contributed by atoms with Crippen LogP contribution in [0.3, 0.4) is 0 Å². The molecule has 0 aliphatic carbocycles. The summed E-state index contributed by atoms with van der Waals surface area (Å²) in [5.41, 5.74) is 1.68. The van der Waals surface area contributed by atoms with Gasteiger partial charge in [0.05, 0.1) is 18.7 Å². The average molecular weight is 398 g/mol. The van der Waals surface area contributed by atoms with Crippen molar-refractivity contribution >= 4 is 5.97 Å². The molecule has 1 heterocycles. The normalized spacial score (nSPS) is 10.7. The lowest BCUT2D eigenvalue weighted by Crippen LogP contribution is -2.16. The zero-order valence-electron chi connectivity index (χ0n) is 15.9. The third-order valence-electron chi connectivity index (χ3n) is 4.17. The zero-order chi connectivity index (χ0) is 20.8. The van der Waals surface area contributed by atoms with Crippen molar-refractivity contribution in [2.45, 2.75) is 26.2 Å². The molecule has 0 N–H and O–H groups in total. The monoisotopic (exact) mass is 398 g/mol. The molecule has 0 bridgehead atoms. The van der Waals surface area contributed by atoms with Crippen LogP contribution in [0.2, 0.25) is 0 Å². The minimum Gasteiger partial charge on any atom is -0.465 e. The largest absolute Gasteiger partial charge is 0.465 e. The number of nitrogens with zero attached hydrogens (tertiary/aromatic N) is 2. The molecule has 0 fully saturated rings. The molecule has 0 saturated carbocycles. The van der Waals surface area contributed by atoms with Gasteiger partial charge in [0, 0.05) is 24.8 Å². The number of rotatable bonds is 7. The number of carbonyl (C=O) groups is 1. The molecule has 0 saturated heterocycles. The molecule has 0 aliphatic heterocycles. The van der Waals surface area contributed by atoms with Crippen LogP contribution in [0.5, 0.6) is 0 Å². The topological polar surface area (TPSA) is 61.2 Å². The lowest BCUT2D eigenvalue weighted by atomic mass is 10.0. The van der Waals surface area contributed by atoms with E-state index in [2.05, 4.69) is 5.10 Å². The van der Waals surface area contributed by atoms with E-state index in [1.807, 2.05) is 25.1 Å². The average Bonchev–Trinajstić information content (AvgIpc) is 2.67. The highest BCUT2D eigenvalue weighted by Gasteiger charge is 2.10. The van der Waals surface area contributed by atoms with Crippen molar-refractivity contribution in [1.82, 2.24) is 9.78 Å². The number of benzene rings is 2. The quantitative estimate of drug-likeness (QED) is 0.571. The van der Waals surface area contributed by atoms with Crippen LogP contribution in [-0.4, -0.2) is 22.4 Å². The first-order valence-electron chi connectivity index (χ1n) is 9.23. The number of hydrogen-bond donors (Lipinski definition) is 0. The number of carbonyl (C=O) groups excluding carboxylic acids is 1. The summed E-state index contributed by atoms with van der Waals surface area (Å²) in [6.45, 7) is 2.30. The Labute approximate surface area is 166 Å². The minimum absolute atomic E-state index is 0.142. The van der Waals surface area contributed by atoms with Gasteiger partial charge >= 0.3 is 5.97 Å². The first-order valence-corrected chi connectivity index (χ1v) is 9.23. The maximum atomic E-state index is 13.5. The van der Waals surface area contributed by atoms with Crippen molar-refractivity contribution in [3.63, 3.8) is 0 Å². The summed E-state index contributed by atoms with van der Waals surface area (Å²) < 4.78 is 33.3. The Bertz CT molecular complexity index is 1060. The lowest BCUT2D eigenvalue weighted by Gasteiger charge is -2.09. The van der Waals surface area contributed by atoms with Gasteiger partial charge in [0.1, 0.15) is 17.3 Å². The summed E-state index contributed by atoms with van der Waals surface area (Å²) in [6.07, 6.45) is 2.48. The van der Waals surface area contributed by atoms with Crippen LogP contribution in [0.15, 0.2) is 59.5 Å². The van der Waals surface area contributed by atoms with Crippen molar-refractivity contribution in [3.8, 4) is 5.69 Å². The molecule has 0 radical (unpaired) electrons. The minimum atomic E-state index is -0.732. The second-order valence-corrected chi connectivity index (χ2v) is 6.59. The number of halogens is 2. The number of esters is 1. The highest BCUT2D eigenvalue weighted by atomic mass is 19.1. The highest BCUT2D eigenvalue weighted by molar-refractivity contribution is 5.72. The number of aromatic nitrogens is 2. The van der Waals surface area contributed by atoms with E-state index >= 15 is 0 Å². The van der Waals surface area contributed by atoms with Crippen molar-refractivity contribution in [1.29, 1.82) is 0 Å². The lowest BCUT2D eigenvalue weighted by molar-refractivity contribution is -0.142. The Morgan fingerprint density at radius 2 is 1.79 bits per heavy atom. The van der Waals surface area contributed by atoms with Crippen LogP contribution in [0, 0.1) is 11.6 Å². The van der Waals surface area contributed by atoms with Gasteiger partial charge in [0.15, 0.2) is 0 Å². The Morgan fingerprint density at radius 3 is 2.52 bits per heavy atom. The Kier molecular flexibility index (Phi) is 6.49. The van der Waals surface area contributed by atoms with Crippen molar-refractivity contribution < 1.29 is 18.3 Å². The van der Waals surface area contributed by atoms with Gasteiger partial charge in [0.2, 0.25) is 5.43 Å². The molecule has 29 heavy (non-hydrogen) atoms. The van der Waals surface area contributed by atoms with E-state index in [1.54, 1.807) is 6.07 Å². The molecular formula is C22H20F2N2O3. The summed E-state index contributed by atoms with van der Waals surface area (Å²) in [7, 11) is 0.